The van der Waals surface area contributed by atoms with Crippen LogP contribution in [-0.4, -0.2) is 27.5 Å². The van der Waals surface area contributed by atoms with Crippen molar-refractivity contribution in [1.82, 2.24) is 9.78 Å². The molecule has 6 heteroatoms. The molecule has 2 atom stereocenters. The predicted octanol–water partition coefficient (Wildman–Crippen LogP) is 2.38. The molecule has 2 unspecified atom stereocenters. The summed E-state index contributed by atoms with van der Waals surface area (Å²) >= 11 is 3.35. The highest BCUT2D eigenvalue weighted by Gasteiger charge is 2.21. The van der Waals surface area contributed by atoms with Crippen molar-refractivity contribution in [1.29, 1.82) is 0 Å². The summed E-state index contributed by atoms with van der Waals surface area (Å²) in [4.78, 5) is 12.1. The molecule has 5 nitrogen and oxygen atoms in total. The summed E-state index contributed by atoms with van der Waals surface area (Å²) in [6.07, 6.45) is 7.84. The third-order valence-corrected chi connectivity index (χ3v) is 4.77. The van der Waals surface area contributed by atoms with Gasteiger partial charge in [0.05, 0.1) is 25.0 Å². The van der Waals surface area contributed by atoms with Crippen molar-refractivity contribution >= 4 is 21.6 Å². The summed E-state index contributed by atoms with van der Waals surface area (Å²) in [7, 11) is 0. The maximum atomic E-state index is 12.1. The molecule has 20 heavy (non-hydrogen) atoms. The molecule has 1 aliphatic carbocycles. The van der Waals surface area contributed by atoms with Crippen LogP contribution in [0, 0.1) is 5.92 Å². The summed E-state index contributed by atoms with van der Waals surface area (Å²) < 4.78 is 1.77. The van der Waals surface area contributed by atoms with Crippen LogP contribution in [-0.2, 0) is 6.54 Å². The second-order valence-electron chi connectivity index (χ2n) is 5.49. The summed E-state index contributed by atoms with van der Waals surface area (Å²) in [5, 5.41) is 16.5. The van der Waals surface area contributed by atoms with Gasteiger partial charge in [0.2, 0.25) is 0 Å². The Kier molecular flexibility index (Phi) is 5.60. The summed E-state index contributed by atoms with van der Waals surface area (Å²) in [5.41, 5.74) is 0.549. The molecule has 1 aromatic rings. The number of anilines is 1. The smallest absolute Gasteiger partial charge is 0.283 e. The topological polar surface area (TPSA) is 67.2 Å². The quantitative estimate of drug-likeness (QED) is 0.823. The van der Waals surface area contributed by atoms with Crippen molar-refractivity contribution in [2.75, 3.05) is 11.9 Å². The van der Waals surface area contributed by atoms with Gasteiger partial charge in [-0.05, 0) is 34.7 Å². The number of halogens is 1. The van der Waals surface area contributed by atoms with Gasteiger partial charge in [0, 0.05) is 6.04 Å². The third-order valence-electron chi connectivity index (χ3n) is 4.00. The highest BCUT2D eigenvalue weighted by atomic mass is 79.9. The molecule has 1 saturated carbocycles. The van der Waals surface area contributed by atoms with Crippen molar-refractivity contribution in [3.63, 3.8) is 0 Å². The summed E-state index contributed by atoms with van der Waals surface area (Å²) in [6, 6.07) is 0.392. The predicted molar refractivity (Wildman–Crippen MR) is 82.9 cm³/mol. The van der Waals surface area contributed by atoms with E-state index in [2.05, 4.69) is 33.3 Å². The van der Waals surface area contributed by atoms with Crippen molar-refractivity contribution in [3.05, 3.63) is 21.0 Å². The molecule has 1 aromatic heterocycles. The molecule has 0 bridgehead atoms. The van der Waals surface area contributed by atoms with Crippen LogP contribution < -0.4 is 10.9 Å². The minimum Gasteiger partial charge on any atom is -0.394 e. The first-order chi connectivity index (χ1) is 9.63. The minimum atomic E-state index is -0.203. The first-order valence-corrected chi connectivity index (χ1v) is 8.05. The molecular weight excluding hydrogens is 322 g/mol. The van der Waals surface area contributed by atoms with Gasteiger partial charge >= 0.3 is 0 Å². The largest absolute Gasteiger partial charge is 0.394 e. The second kappa shape index (κ2) is 7.22. The average molecular weight is 344 g/mol. The molecule has 0 aliphatic heterocycles. The lowest BCUT2D eigenvalue weighted by molar-refractivity contribution is 0.266. The Morgan fingerprint density at radius 1 is 1.45 bits per heavy atom. The molecule has 2 rings (SSSR count). The number of nitrogens with zero attached hydrogens (tertiary/aromatic N) is 2. The van der Waals surface area contributed by atoms with E-state index in [1.165, 1.54) is 30.4 Å². The van der Waals surface area contributed by atoms with Crippen molar-refractivity contribution in [3.8, 4) is 0 Å². The number of aliphatic hydroxyl groups is 1. The Morgan fingerprint density at radius 3 is 2.95 bits per heavy atom. The molecule has 2 N–H and O–H groups in total. The zero-order valence-corrected chi connectivity index (χ0v) is 13.4. The fraction of sp³-hybridized carbons (Fsp3) is 0.714. The van der Waals surface area contributed by atoms with Gasteiger partial charge in [-0.15, -0.1) is 0 Å². The molecule has 1 fully saturated rings. The van der Waals surface area contributed by atoms with E-state index in [9.17, 15) is 4.79 Å². The first-order valence-electron chi connectivity index (χ1n) is 7.26. The second-order valence-corrected chi connectivity index (χ2v) is 6.28. The Morgan fingerprint density at radius 2 is 2.20 bits per heavy atom. The van der Waals surface area contributed by atoms with Crippen LogP contribution in [0.5, 0.6) is 0 Å². The standard InChI is InChI=1S/C14H22BrN3O2/c1-10-5-3-2-4-6-11(10)17-12-9-16-18(7-8-19)14(20)13(12)15/h9-11,17,19H,2-8H2,1H3. The van der Waals surface area contributed by atoms with Crippen molar-refractivity contribution in [2.45, 2.75) is 51.6 Å². The van der Waals surface area contributed by atoms with Crippen molar-refractivity contribution < 1.29 is 5.11 Å². The van der Waals surface area contributed by atoms with E-state index in [4.69, 9.17) is 5.11 Å². The molecule has 112 valence electrons. The Balaban J connectivity index is 2.16. The van der Waals surface area contributed by atoms with Crippen LogP contribution in [0.2, 0.25) is 0 Å². The Bertz CT molecular complexity index is 504. The molecule has 0 radical (unpaired) electrons. The van der Waals surface area contributed by atoms with Crippen LogP contribution in [0.3, 0.4) is 0 Å². The molecule has 1 heterocycles. The highest BCUT2D eigenvalue weighted by molar-refractivity contribution is 9.10. The lowest BCUT2D eigenvalue weighted by Gasteiger charge is -2.24. The Hall–Kier alpha value is -0.880. The first kappa shape index (κ1) is 15.5. The van der Waals surface area contributed by atoms with E-state index in [0.717, 1.165) is 12.1 Å². The van der Waals surface area contributed by atoms with Gasteiger partial charge in [-0.3, -0.25) is 4.79 Å². The van der Waals surface area contributed by atoms with Crippen molar-refractivity contribution in [2.24, 2.45) is 5.92 Å². The molecule has 0 saturated heterocycles. The number of rotatable bonds is 4. The zero-order valence-electron chi connectivity index (χ0n) is 11.8. The summed E-state index contributed by atoms with van der Waals surface area (Å²) in [6.45, 7) is 2.39. The number of aliphatic hydroxyl groups excluding tert-OH is 1. The number of hydrogen-bond donors (Lipinski definition) is 2. The fourth-order valence-electron chi connectivity index (χ4n) is 2.73. The fourth-order valence-corrected chi connectivity index (χ4v) is 3.15. The lowest BCUT2D eigenvalue weighted by atomic mass is 9.97. The van der Waals surface area contributed by atoms with E-state index in [-0.39, 0.29) is 18.7 Å². The van der Waals surface area contributed by atoms with Crippen LogP contribution >= 0.6 is 15.9 Å². The van der Waals surface area contributed by atoms with Crippen LogP contribution in [0.25, 0.3) is 0 Å². The van der Waals surface area contributed by atoms with Crippen LogP contribution in [0.1, 0.15) is 39.0 Å². The molecule has 0 spiro atoms. The highest BCUT2D eigenvalue weighted by Crippen LogP contribution is 2.27. The monoisotopic (exact) mass is 343 g/mol. The minimum absolute atomic E-state index is 0.0915. The van der Waals surface area contributed by atoms with E-state index in [1.807, 2.05) is 0 Å². The van der Waals surface area contributed by atoms with Gasteiger partial charge < -0.3 is 10.4 Å². The molecule has 0 aromatic carbocycles. The SMILES string of the molecule is CC1CCCCCC1Nc1cnn(CCO)c(=O)c1Br. The number of hydrogen-bond acceptors (Lipinski definition) is 4. The van der Waals surface area contributed by atoms with Gasteiger partial charge in [0.25, 0.3) is 5.56 Å². The van der Waals surface area contributed by atoms with Crippen LogP contribution in [0.4, 0.5) is 5.69 Å². The van der Waals surface area contributed by atoms with Gasteiger partial charge in [-0.2, -0.15) is 5.10 Å². The molecule has 0 amide bonds. The summed E-state index contributed by atoms with van der Waals surface area (Å²) in [5.74, 6) is 0.601. The number of nitrogens with one attached hydrogen (secondary N) is 1. The normalized spacial score (nSPS) is 23.4. The lowest BCUT2D eigenvalue weighted by Crippen LogP contribution is -2.30. The maximum Gasteiger partial charge on any atom is 0.283 e. The Labute approximate surface area is 127 Å². The average Bonchev–Trinajstić information content (AvgIpc) is 2.64. The third kappa shape index (κ3) is 3.61. The van der Waals surface area contributed by atoms with Gasteiger partial charge in [-0.25, -0.2) is 4.68 Å². The van der Waals surface area contributed by atoms with E-state index < -0.39 is 0 Å². The maximum absolute atomic E-state index is 12.1. The molecular formula is C14H22BrN3O2. The van der Waals surface area contributed by atoms with E-state index >= 15 is 0 Å². The zero-order chi connectivity index (χ0) is 14.5. The molecule has 1 aliphatic rings. The van der Waals surface area contributed by atoms with E-state index in [0.29, 0.717) is 16.4 Å². The van der Waals surface area contributed by atoms with Crippen LogP contribution in [0.15, 0.2) is 15.5 Å². The van der Waals surface area contributed by atoms with Gasteiger partial charge in [0.15, 0.2) is 0 Å². The van der Waals surface area contributed by atoms with Gasteiger partial charge in [0.1, 0.15) is 4.47 Å². The van der Waals surface area contributed by atoms with E-state index in [1.54, 1.807) is 6.20 Å². The van der Waals surface area contributed by atoms with Gasteiger partial charge in [-0.1, -0.05) is 26.2 Å². The number of aromatic nitrogens is 2.